The van der Waals surface area contributed by atoms with E-state index in [9.17, 15) is 9.59 Å². The molecule has 1 rings (SSSR count). The summed E-state index contributed by atoms with van der Waals surface area (Å²) in [6, 6.07) is 5.79. The Morgan fingerprint density at radius 2 is 1.78 bits per heavy atom. The molecule has 0 aliphatic rings. The largest absolute Gasteiger partial charge is 0.373 e. The van der Waals surface area contributed by atoms with Crippen molar-refractivity contribution in [2.24, 2.45) is 0 Å². The number of carbonyl (C=O) groups excluding carboxylic acids is 2. The van der Waals surface area contributed by atoms with Gasteiger partial charge >= 0.3 is 11.9 Å². The molecule has 0 aliphatic carbocycles. The maximum atomic E-state index is 11.6. The highest BCUT2D eigenvalue weighted by Gasteiger charge is 2.19. The average Bonchev–Trinajstić information content (AvgIpc) is 2.42. The van der Waals surface area contributed by atoms with Gasteiger partial charge in [0.1, 0.15) is 0 Å². The Hall–Kier alpha value is -1.92. The molecular weight excluding hydrogens is 240 g/mol. The monoisotopic (exact) mass is 254 g/mol. The minimum Gasteiger partial charge on any atom is -0.295 e. The summed E-state index contributed by atoms with van der Waals surface area (Å²) in [7, 11) is 0. The molecule has 0 heterocycles. The van der Waals surface area contributed by atoms with Crippen LogP contribution in [0.1, 0.15) is 40.5 Å². The minimum atomic E-state index is -1.03. The van der Waals surface area contributed by atoms with Crippen LogP contribution < -0.4 is 0 Å². The van der Waals surface area contributed by atoms with Crippen LogP contribution in [0, 0.1) is 0 Å². The number of carbonyl (C=O) groups is 2. The van der Waals surface area contributed by atoms with Crippen molar-refractivity contribution in [3.05, 3.63) is 35.4 Å². The lowest BCUT2D eigenvalue weighted by atomic mass is 10.1. The second-order valence-electron chi connectivity index (χ2n) is 3.47. The fourth-order valence-corrected chi connectivity index (χ4v) is 1.23. The van der Waals surface area contributed by atoms with Gasteiger partial charge in [0, 0.05) is 0 Å². The fourth-order valence-electron chi connectivity index (χ4n) is 1.23. The molecule has 0 aliphatic heterocycles. The Bertz CT molecular complexity index is 415. The van der Waals surface area contributed by atoms with Crippen LogP contribution in [-0.4, -0.2) is 23.8 Å². The van der Waals surface area contributed by atoms with Gasteiger partial charge in [-0.15, -0.1) is 0 Å². The maximum Gasteiger partial charge on any atom is 0.373 e. The van der Waals surface area contributed by atoms with Crippen LogP contribution in [0.3, 0.4) is 0 Å². The lowest BCUT2D eigenvalue weighted by molar-refractivity contribution is -0.241. The van der Waals surface area contributed by atoms with Crippen molar-refractivity contribution in [3.8, 4) is 0 Å². The summed E-state index contributed by atoms with van der Waals surface area (Å²) < 4.78 is 0. The number of benzene rings is 1. The Morgan fingerprint density at radius 3 is 2.33 bits per heavy atom. The van der Waals surface area contributed by atoms with E-state index in [1.165, 1.54) is 18.2 Å². The lowest BCUT2D eigenvalue weighted by Crippen LogP contribution is -2.13. The van der Waals surface area contributed by atoms with Crippen molar-refractivity contribution in [2.75, 3.05) is 6.61 Å². The Morgan fingerprint density at radius 1 is 1.17 bits per heavy atom. The zero-order chi connectivity index (χ0) is 13.4. The summed E-state index contributed by atoms with van der Waals surface area (Å²) in [5, 5.41) is 8.31. The minimum absolute atomic E-state index is 0.0342. The molecule has 1 N–H and O–H groups in total. The first-order chi connectivity index (χ1) is 8.70. The predicted octanol–water partition coefficient (Wildman–Crippen LogP) is 2.20. The summed E-state index contributed by atoms with van der Waals surface area (Å²) in [4.78, 5) is 35.6. The SMILES string of the molecule is CCCCOOC(=O)c1ccccc1C(=O)OO. The molecule has 0 saturated carbocycles. The highest BCUT2D eigenvalue weighted by atomic mass is 17.2. The molecule has 0 fully saturated rings. The fraction of sp³-hybridized carbons (Fsp3) is 0.333. The third-order valence-corrected chi connectivity index (χ3v) is 2.17. The average molecular weight is 254 g/mol. The molecule has 0 spiro atoms. The van der Waals surface area contributed by atoms with Crippen molar-refractivity contribution in [3.63, 3.8) is 0 Å². The van der Waals surface area contributed by atoms with Crippen LogP contribution in [0.4, 0.5) is 0 Å². The number of hydrogen-bond donors (Lipinski definition) is 1. The first-order valence-electron chi connectivity index (χ1n) is 5.49. The van der Waals surface area contributed by atoms with Gasteiger partial charge in [-0.2, -0.15) is 10.1 Å². The third kappa shape index (κ3) is 3.83. The van der Waals surface area contributed by atoms with E-state index in [0.717, 1.165) is 12.8 Å². The van der Waals surface area contributed by atoms with Gasteiger partial charge in [0.25, 0.3) is 0 Å². The molecule has 0 unspecified atom stereocenters. The zero-order valence-corrected chi connectivity index (χ0v) is 9.92. The topological polar surface area (TPSA) is 82.1 Å². The van der Waals surface area contributed by atoms with Gasteiger partial charge in [-0.1, -0.05) is 25.5 Å². The van der Waals surface area contributed by atoms with Crippen LogP contribution in [0.25, 0.3) is 0 Å². The molecule has 0 aromatic heterocycles. The molecule has 1 aromatic carbocycles. The molecule has 18 heavy (non-hydrogen) atoms. The zero-order valence-electron chi connectivity index (χ0n) is 9.92. The van der Waals surface area contributed by atoms with Gasteiger partial charge in [-0.05, 0) is 18.6 Å². The van der Waals surface area contributed by atoms with E-state index in [1.807, 2.05) is 6.92 Å². The molecule has 0 saturated heterocycles. The Kier molecular flexibility index (Phi) is 5.83. The molecule has 0 radical (unpaired) electrons. The van der Waals surface area contributed by atoms with E-state index < -0.39 is 11.9 Å². The van der Waals surface area contributed by atoms with Gasteiger partial charge in [0.05, 0.1) is 17.7 Å². The number of hydrogen-bond acceptors (Lipinski definition) is 6. The van der Waals surface area contributed by atoms with E-state index in [2.05, 4.69) is 9.78 Å². The molecule has 98 valence electrons. The standard InChI is InChI=1S/C12H14O6/c1-2-3-8-16-18-12(14)10-7-5-4-6-9(10)11(13)17-15/h4-7,15H,2-3,8H2,1H3. The normalized spacial score (nSPS) is 9.89. The van der Waals surface area contributed by atoms with Crippen molar-refractivity contribution >= 4 is 11.9 Å². The van der Waals surface area contributed by atoms with Crippen molar-refractivity contribution in [1.29, 1.82) is 0 Å². The number of unbranched alkanes of at least 4 members (excludes halogenated alkanes) is 1. The van der Waals surface area contributed by atoms with Gasteiger partial charge in [0.15, 0.2) is 0 Å². The molecule has 6 heteroatoms. The van der Waals surface area contributed by atoms with Crippen molar-refractivity contribution in [2.45, 2.75) is 19.8 Å². The van der Waals surface area contributed by atoms with Crippen LogP contribution >= 0.6 is 0 Å². The summed E-state index contributed by atoms with van der Waals surface area (Å²) in [5.74, 6) is -1.84. The third-order valence-electron chi connectivity index (χ3n) is 2.17. The maximum absolute atomic E-state index is 11.6. The second kappa shape index (κ2) is 7.41. The Labute approximate surface area is 104 Å². The van der Waals surface area contributed by atoms with Gasteiger partial charge in [0.2, 0.25) is 0 Å². The Balaban J connectivity index is 2.70. The second-order valence-corrected chi connectivity index (χ2v) is 3.47. The van der Waals surface area contributed by atoms with Gasteiger partial charge in [-0.25, -0.2) is 9.59 Å². The van der Waals surface area contributed by atoms with Crippen molar-refractivity contribution in [1.82, 2.24) is 0 Å². The number of rotatable bonds is 6. The van der Waals surface area contributed by atoms with Crippen molar-refractivity contribution < 1.29 is 29.5 Å². The molecule has 6 nitrogen and oxygen atoms in total. The summed E-state index contributed by atoms with van der Waals surface area (Å²) in [6.07, 6.45) is 1.67. The summed E-state index contributed by atoms with van der Waals surface area (Å²) in [5.41, 5.74) is -0.128. The van der Waals surface area contributed by atoms with Crippen LogP contribution in [0.5, 0.6) is 0 Å². The molecule has 0 bridgehead atoms. The van der Waals surface area contributed by atoms with Crippen LogP contribution in [0.2, 0.25) is 0 Å². The highest BCUT2D eigenvalue weighted by molar-refractivity contribution is 6.02. The smallest absolute Gasteiger partial charge is 0.295 e. The molecule has 0 atom stereocenters. The lowest BCUT2D eigenvalue weighted by Gasteiger charge is -2.06. The summed E-state index contributed by atoms with van der Waals surface area (Å²) >= 11 is 0. The quantitative estimate of drug-likeness (QED) is 0.476. The van der Waals surface area contributed by atoms with E-state index in [4.69, 9.17) is 10.1 Å². The molecule has 1 aromatic rings. The van der Waals surface area contributed by atoms with Gasteiger partial charge < -0.3 is 0 Å². The summed E-state index contributed by atoms with van der Waals surface area (Å²) in [6.45, 7) is 2.26. The van der Waals surface area contributed by atoms with Crippen LogP contribution in [-0.2, 0) is 14.7 Å². The molecule has 0 amide bonds. The van der Waals surface area contributed by atoms with E-state index in [0.29, 0.717) is 0 Å². The predicted molar refractivity (Wildman–Crippen MR) is 60.8 cm³/mol. The molecular formula is C12H14O6. The first kappa shape index (κ1) is 14.1. The first-order valence-corrected chi connectivity index (χ1v) is 5.49. The van der Waals surface area contributed by atoms with E-state index >= 15 is 0 Å². The highest BCUT2D eigenvalue weighted by Crippen LogP contribution is 2.11. The van der Waals surface area contributed by atoms with E-state index in [-0.39, 0.29) is 17.7 Å². The van der Waals surface area contributed by atoms with Gasteiger partial charge in [-0.3, -0.25) is 9.78 Å². The van der Waals surface area contributed by atoms with Crippen LogP contribution in [0.15, 0.2) is 24.3 Å². The van der Waals surface area contributed by atoms with E-state index in [1.54, 1.807) is 6.07 Å².